The molecule has 10 heteroatoms. The van der Waals surface area contributed by atoms with Crippen molar-refractivity contribution in [3.63, 3.8) is 0 Å². The third kappa shape index (κ3) is 5.28. The second kappa shape index (κ2) is 9.42. The Labute approximate surface area is 192 Å². The predicted octanol–water partition coefficient (Wildman–Crippen LogP) is 4.45. The Morgan fingerprint density at radius 3 is 2.41 bits per heavy atom. The van der Waals surface area contributed by atoms with E-state index in [9.17, 15) is 18.0 Å². The third-order valence-electron chi connectivity index (χ3n) is 5.36. The second-order valence-corrected chi connectivity index (χ2v) is 7.68. The van der Waals surface area contributed by atoms with Crippen LogP contribution in [-0.2, 0) is 24.6 Å². The minimum Gasteiger partial charge on any atom is -0.565 e. The van der Waals surface area contributed by atoms with Crippen molar-refractivity contribution in [2.45, 2.75) is 25.1 Å². The number of halogens is 3. The number of carbonyl (C=O) groups excluding carboxylic acids is 1. The fourth-order valence-electron chi connectivity index (χ4n) is 3.55. The molecule has 34 heavy (non-hydrogen) atoms. The summed E-state index contributed by atoms with van der Waals surface area (Å²) in [4.78, 5) is 11.4. The van der Waals surface area contributed by atoms with Crippen LogP contribution in [0.15, 0.2) is 71.4 Å². The molecule has 0 saturated carbocycles. The minimum atomic E-state index is -4.39. The highest BCUT2D eigenvalue weighted by atomic mass is 19.4. The van der Waals surface area contributed by atoms with Crippen LogP contribution in [-0.4, -0.2) is 26.0 Å². The maximum atomic E-state index is 12.8. The maximum Gasteiger partial charge on any atom is 0.516 e. The molecule has 7 nitrogen and oxygen atoms in total. The lowest BCUT2D eigenvalue weighted by Crippen LogP contribution is -2.08. The average molecular weight is 472 g/mol. The lowest BCUT2D eigenvalue weighted by molar-refractivity contribution is -0.138. The second-order valence-electron chi connectivity index (χ2n) is 7.68. The number of aromatic nitrogens is 3. The minimum absolute atomic E-state index is 0.0194. The quantitative estimate of drug-likeness (QED) is 0.354. The van der Waals surface area contributed by atoms with Gasteiger partial charge in [0.15, 0.2) is 0 Å². The van der Waals surface area contributed by atoms with Crippen LogP contribution < -0.4 is 4.74 Å². The maximum absolute atomic E-state index is 12.8. The van der Waals surface area contributed by atoms with E-state index in [-0.39, 0.29) is 18.9 Å². The smallest absolute Gasteiger partial charge is 0.516 e. The molecule has 2 aromatic heterocycles. The van der Waals surface area contributed by atoms with Crippen molar-refractivity contribution in [1.82, 2.24) is 14.9 Å². The van der Waals surface area contributed by atoms with Crippen molar-refractivity contribution in [3.8, 4) is 17.0 Å². The van der Waals surface area contributed by atoms with E-state index in [0.29, 0.717) is 22.7 Å². The SMILES string of the molecule is Cn1nc(-c2ccc(C(F)(F)F)cc2)cc1COc1ccc([C@H](CC(=O)[OH2+])c2ccon2)cc1. The number of ether oxygens (including phenoxy) is 1. The highest BCUT2D eigenvalue weighted by Gasteiger charge is 2.30. The highest BCUT2D eigenvalue weighted by Crippen LogP contribution is 2.31. The molecular formula is C24H21F3N3O4+. The van der Waals surface area contributed by atoms with E-state index < -0.39 is 17.7 Å². The molecule has 4 rings (SSSR count). The highest BCUT2D eigenvalue weighted by molar-refractivity contribution is 5.69. The largest absolute Gasteiger partial charge is 0.565 e. The normalized spacial score (nSPS) is 12.5. The van der Waals surface area contributed by atoms with Crippen LogP contribution >= 0.6 is 0 Å². The molecule has 0 aliphatic rings. The molecule has 0 fully saturated rings. The number of hydrogen-bond acceptors (Lipinski definition) is 5. The predicted molar refractivity (Wildman–Crippen MR) is 116 cm³/mol. The van der Waals surface area contributed by atoms with Crippen LogP contribution in [0.5, 0.6) is 5.75 Å². The summed E-state index contributed by atoms with van der Waals surface area (Å²) in [5, 5.41) is 15.6. The summed E-state index contributed by atoms with van der Waals surface area (Å²) in [5.74, 6) is -0.508. The summed E-state index contributed by atoms with van der Waals surface area (Å²) in [6.45, 7) is 0.196. The van der Waals surface area contributed by atoms with Crippen molar-refractivity contribution >= 4 is 5.97 Å². The van der Waals surface area contributed by atoms with Crippen LogP contribution in [0, 0.1) is 0 Å². The van der Waals surface area contributed by atoms with Gasteiger partial charge in [-0.3, -0.25) is 4.68 Å². The molecule has 0 bridgehead atoms. The number of alkyl halides is 3. The van der Waals surface area contributed by atoms with Gasteiger partial charge in [0.2, 0.25) is 0 Å². The third-order valence-corrected chi connectivity index (χ3v) is 5.36. The van der Waals surface area contributed by atoms with Gasteiger partial charge in [0.05, 0.1) is 22.6 Å². The number of benzene rings is 2. The molecule has 0 aliphatic heterocycles. The number of hydrogen-bond donors (Lipinski definition) is 0. The molecule has 0 radical (unpaired) electrons. The molecular weight excluding hydrogens is 451 g/mol. The fourth-order valence-corrected chi connectivity index (χ4v) is 3.55. The van der Waals surface area contributed by atoms with Gasteiger partial charge in [-0.2, -0.15) is 18.3 Å². The van der Waals surface area contributed by atoms with Crippen molar-refractivity contribution < 1.29 is 32.3 Å². The Morgan fingerprint density at radius 1 is 1.12 bits per heavy atom. The molecule has 176 valence electrons. The summed E-state index contributed by atoms with van der Waals surface area (Å²) in [6.07, 6.45) is -2.99. The van der Waals surface area contributed by atoms with Crippen molar-refractivity contribution in [1.29, 1.82) is 0 Å². The van der Waals surface area contributed by atoms with Crippen LogP contribution in [0.4, 0.5) is 13.2 Å². The van der Waals surface area contributed by atoms with Gasteiger partial charge in [-0.15, -0.1) is 0 Å². The van der Waals surface area contributed by atoms with Gasteiger partial charge in [-0.05, 0) is 35.9 Å². The van der Waals surface area contributed by atoms with E-state index in [2.05, 4.69) is 10.3 Å². The zero-order valence-electron chi connectivity index (χ0n) is 18.0. The topological polar surface area (TPSA) is 93.1 Å². The number of nitrogens with zero attached hydrogens (tertiary/aromatic N) is 3. The Morgan fingerprint density at radius 2 is 1.82 bits per heavy atom. The Bertz CT molecular complexity index is 1250. The molecule has 0 unspecified atom stereocenters. The first-order valence-corrected chi connectivity index (χ1v) is 10.3. The summed E-state index contributed by atoms with van der Waals surface area (Å²) < 4.78 is 50.7. The first kappa shape index (κ1) is 23.1. The fraction of sp³-hybridized carbons (Fsp3) is 0.208. The monoisotopic (exact) mass is 472 g/mol. The Hall–Kier alpha value is -4.08. The Kier molecular flexibility index (Phi) is 6.40. The van der Waals surface area contributed by atoms with Crippen LogP contribution in [0.3, 0.4) is 0 Å². The van der Waals surface area contributed by atoms with Gasteiger partial charge in [0.1, 0.15) is 25.0 Å². The molecule has 2 N–H and O–H groups in total. The van der Waals surface area contributed by atoms with Crippen molar-refractivity contribution in [2.24, 2.45) is 7.05 Å². The zero-order valence-corrected chi connectivity index (χ0v) is 18.0. The van der Waals surface area contributed by atoms with Crippen molar-refractivity contribution in [3.05, 3.63) is 89.4 Å². The molecule has 2 aromatic carbocycles. The van der Waals surface area contributed by atoms with E-state index in [1.165, 1.54) is 18.4 Å². The van der Waals surface area contributed by atoms with Crippen LogP contribution in [0.25, 0.3) is 11.3 Å². The molecule has 0 amide bonds. The van der Waals surface area contributed by atoms with Gasteiger partial charge in [0.25, 0.3) is 0 Å². The molecule has 0 aliphatic carbocycles. The number of rotatable bonds is 8. The van der Waals surface area contributed by atoms with Gasteiger partial charge >= 0.3 is 12.1 Å². The van der Waals surface area contributed by atoms with E-state index in [1.54, 1.807) is 48.1 Å². The molecule has 0 spiro atoms. The van der Waals surface area contributed by atoms with Crippen LogP contribution in [0.2, 0.25) is 0 Å². The Balaban J connectivity index is 1.44. The summed E-state index contributed by atoms with van der Waals surface area (Å²) in [6, 6.07) is 15.4. The lowest BCUT2D eigenvalue weighted by Gasteiger charge is -2.12. The summed E-state index contributed by atoms with van der Waals surface area (Å²) >= 11 is 0. The lowest BCUT2D eigenvalue weighted by atomic mass is 9.92. The standard InChI is InChI=1S/C24H20F3N3O4/c1-30-18(12-22(28-30)16-2-6-17(7-3-16)24(25,26)27)14-33-19-8-4-15(5-9-19)20(13-23(31)32)21-10-11-34-29-21/h2-12,20H,13-14H2,1H3,(H,31,32)/p+1/t20-/m0/s1. The molecule has 4 aromatic rings. The first-order chi connectivity index (χ1) is 16.2. The van der Waals surface area contributed by atoms with Crippen LogP contribution in [0.1, 0.15) is 34.9 Å². The molecule has 2 heterocycles. The van der Waals surface area contributed by atoms with E-state index in [0.717, 1.165) is 23.4 Å². The van der Waals surface area contributed by atoms with Crippen molar-refractivity contribution in [2.75, 3.05) is 0 Å². The van der Waals surface area contributed by atoms with Gasteiger partial charge in [-0.25, -0.2) is 0 Å². The first-order valence-electron chi connectivity index (χ1n) is 10.3. The van der Waals surface area contributed by atoms with E-state index in [1.807, 2.05) is 0 Å². The zero-order chi connectivity index (χ0) is 24.3. The van der Waals surface area contributed by atoms with Gasteiger partial charge in [0, 0.05) is 29.4 Å². The van der Waals surface area contributed by atoms with E-state index >= 15 is 0 Å². The van der Waals surface area contributed by atoms with E-state index in [4.69, 9.17) is 14.4 Å². The van der Waals surface area contributed by atoms with Gasteiger partial charge < -0.3 is 14.4 Å². The number of aryl methyl sites for hydroxylation is 1. The molecule has 0 saturated heterocycles. The summed E-state index contributed by atoms with van der Waals surface area (Å²) in [5.41, 5.74) is 2.51. The summed E-state index contributed by atoms with van der Waals surface area (Å²) in [7, 11) is 1.73. The number of carbonyl (C=O) groups is 1. The van der Waals surface area contributed by atoms with Gasteiger partial charge in [-0.1, -0.05) is 29.4 Å². The average Bonchev–Trinajstić information content (AvgIpc) is 3.46. The molecule has 1 atom stereocenters.